The molecule has 2 aromatic carbocycles. The van der Waals surface area contributed by atoms with Gasteiger partial charge in [0.25, 0.3) is 0 Å². The molecule has 1 aromatic heterocycles. The van der Waals surface area contributed by atoms with Crippen LogP contribution in [0.5, 0.6) is 0 Å². The highest BCUT2D eigenvalue weighted by atomic mass is 35.5. The SMILES string of the molecule is CC(C)[C@H](NS(=O)(=O)c1ccc(Cl)cc1)C(=O)Nc1nc2ccccc2s1. The van der Waals surface area contributed by atoms with Gasteiger partial charge in [0.05, 0.1) is 15.1 Å². The molecule has 6 nitrogen and oxygen atoms in total. The van der Waals surface area contributed by atoms with Crippen molar-refractivity contribution in [1.29, 1.82) is 0 Å². The van der Waals surface area contributed by atoms with Crippen LogP contribution in [0, 0.1) is 5.92 Å². The monoisotopic (exact) mass is 423 g/mol. The van der Waals surface area contributed by atoms with Gasteiger partial charge in [-0.15, -0.1) is 0 Å². The fourth-order valence-electron chi connectivity index (χ4n) is 2.45. The second-order valence-corrected chi connectivity index (χ2v) is 9.45. The zero-order chi connectivity index (χ0) is 19.6. The van der Waals surface area contributed by atoms with Crippen molar-refractivity contribution >= 4 is 54.2 Å². The van der Waals surface area contributed by atoms with Gasteiger partial charge in [0.2, 0.25) is 15.9 Å². The first kappa shape index (κ1) is 19.8. The first-order valence-electron chi connectivity index (χ1n) is 8.20. The lowest BCUT2D eigenvalue weighted by Gasteiger charge is -2.21. The van der Waals surface area contributed by atoms with Gasteiger partial charge in [-0.2, -0.15) is 4.72 Å². The van der Waals surface area contributed by atoms with E-state index in [1.165, 1.54) is 35.6 Å². The zero-order valence-electron chi connectivity index (χ0n) is 14.6. The highest BCUT2D eigenvalue weighted by Gasteiger charge is 2.29. The molecule has 9 heteroatoms. The van der Waals surface area contributed by atoms with Crippen LogP contribution in [0.25, 0.3) is 10.2 Å². The number of amides is 1. The summed E-state index contributed by atoms with van der Waals surface area (Å²) >= 11 is 7.14. The van der Waals surface area contributed by atoms with E-state index in [9.17, 15) is 13.2 Å². The maximum atomic E-state index is 12.7. The minimum Gasteiger partial charge on any atom is -0.301 e. The number of nitrogens with zero attached hydrogens (tertiary/aromatic N) is 1. The van der Waals surface area contributed by atoms with E-state index in [-0.39, 0.29) is 10.8 Å². The fourth-order valence-corrected chi connectivity index (χ4v) is 4.79. The number of para-hydroxylation sites is 1. The summed E-state index contributed by atoms with van der Waals surface area (Å²) in [6.07, 6.45) is 0. The van der Waals surface area contributed by atoms with E-state index in [1.807, 2.05) is 24.3 Å². The van der Waals surface area contributed by atoms with Gasteiger partial charge < -0.3 is 5.32 Å². The predicted octanol–water partition coefficient (Wildman–Crippen LogP) is 3.89. The molecule has 1 amide bonds. The molecule has 0 saturated carbocycles. The molecule has 0 fully saturated rings. The summed E-state index contributed by atoms with van der Waals surface area (Å²) in [6, 6.07) is 12.3. The Labute approximate surface area is 166 Å². The van der Waals surface area contributed by atoms with Crippen LogP contribution >= 0.6 is 22.9 Å². The number of sulfonamides is 1. The van der Waals surface area contributed by atoms with Gasteiger partial charge in [0.15, 0.2) is 5.13 Å². The smallest absolute Gasteiger partial charge is 0.244 e. The average Bonchev–Trinajstić information content (AvgIpc) is 3.02. The van der Waals surface area contributed by atoms with E-state index in [1.54, 1.807) is 13.8 Å². The van der Waals surface area contributed by atoms with Crippen LogP contribution in [-0.2, 0) is 14.8 Å². The first-order chi connectivity index (χ1) is 12.8. The third-order valence-corrected chi connectivity index (χ3v) is 6.54. The van der Waals surface area contributed by atoms with Crippen molar-refractivity contribution in [3.05, 3.63) is 53.6 Å². The number of carbonyl (C=O) groups is 1. The highest BCUT2D eigenvalue weighted by Crippen LogP contribution is 2.26. The van der Waals surface area contributed by atoms with Gasteiger partial charge >= 0.3 is 0 Å². The molecule has 3 rings (SSSR count). The Bertz CT molecular complexity index is 1030. The number of aromatic nitrogens is 1. The molecular weight excluding hydrogens is 406 g/mol. The summed E-state index contributed by atoms with van der Waals surface area (Å²) in [6.45, 7) is 3.54. The van der Waals surface area contributed by atoms with E-state index in [0.717, 1.165) is 10.2 Å². The minimum absolute atomic E-state index is 0.0466. The van der Waals surface area contributed by atoms with Gasteiger partial charge in [-0.3, -0.25) is 4.79 Å². The van der Waals surface area contributed by atoms with Crippen LogP contribution in [0.2, 0.25) is 5.02 Å². The molecule has 0 aliphatic carbocycles. The summed E-state index contributed by atoms with van der Waals surface area (Å²) in [5.41, 5.74) is 0.778. The Morgan fingerprint density at radius 1 is 1.11 bits per heavy atom. The van der Waals surface area contributed by atoms with Crippen LogP contribution in [0.1, 0.15) is 13.8 Å². The number of anilines is 1. The second kappa shape index (κ2) is 7.93. The summed E-state index contributed by atoms with van der Waals surface area (Å²) in [5.74, 6) is -0.719. The molecule has 0 unspecified atom stereocenters. The lowest BCUT2D eigenvalue weighted by Crippen LogP contribution is -2.47. The van der Waals surface area contributed by atoms with Crippen LogP contribution in [0.15, 0.2) is 53.4 Å². The third kappa shape index (κ3) is 4.65. The molecule has 1 heterocycles. The average molecular weight is 424 g/mol. The third-order valence-electron chi connectivity index (χ3n) is 3.88. The van der Waals surface area contributed by atoms with Crippen LogP contribution in [0.4, 0.5) is 5.13 Å². The van der Waals surface area contributed by atoms with Crippen molar-refractivity contribution in [2.75, 3.05) is 5.32 Å². The molecule has 0 spiro atoms. The van der Waals surface area contributed by atoms with Gasteiger partial charge in [-0.1, -0.05) is 48.9 Å². The summed E-state index contributed by atoms with van der Waals surface area (Å²) in [7, 11) is -3.87. The topological polar surface area (TPSA) is 88.2 Å². The van der Waals surface area contributed by atoms with Gasteiger partial charge in [0.1, 0.15) is 6.04 Å². The quantitative estimate of drug-likeness (QED) is 0.629. The molecule has 3 aromatic rings. The maximum absolute atomic E-state index is 12.7. The Kier molecular flexibility index (Phi) is 5.81. The molecule has 0 aliphatic heterocycles. The zero-order valence-corrected chi connectivity index (χ0v) is 17.0. The standard InChI is InChI=1S/C18H18ClN3O3S2/c1-11(2)16(22-27(24,25)13-9-7-12(19)8-10-13)17(23)21-18-20-14-5-3-4-6-15(14)26-18/h3-11,16,22H,1-2H3,(H,20,21,23)/t16-/m0/s1. The van der Waals surface area contributed by atoms with Crippen molar-refractivity contribution in [3.63, 3.8) is 0 Å². The number of halogens is 1. The lowest BCUT2D eigenvalue weighted by molar-refractivity contribution is -0.118. The van der Waals surface area contributed by atoms with Crippen molar-refractivity contribution in [3.8, 4) is 0 Å². The number of nitrogens with one attached hydrogen (secondary N) is 2. The Hall–Kier alpha value is -2.00. The molecule has 1 atom stereocenters. The molecule has 142 valence electrons. The molecule has 27 heavy (non-hydrogen) atoms. The number of benzene rings is 2. The summed E-state index contributed by atoms with van der Waals surface area (Å²) in [5, 5.41) is 3.58. The number of fused-ring (bicyclic) bond motifs is 1. The van der Waals surface area contributed by atoms with Crippen LogP contribution < -0.4 is 10.0 Å². The van der Waals surface area contributed by atoms with Crippen LogP contribution in [-0.4, -0.2) is 25.4 Å². The van der Waals surface area contributed by atoms with Crippen molar-refractivity contribution in [2.45, 2.75) is 24.8 Å². The molecular formula is C18H18ClN3O3S2. The molecule has 0 saturated heterocycles. The van der Waals surface area contributed by atoms with Crippen molar-refractivity contribution in [2.24, 2.45) is 5.92 Å². The molecule has 2 N–H and O–H groups in total. The van der Waals surface area contributed by atoms with Crippen LogP contribution in [0.3, 0.4) is 0 Å². The van der Waals surface area contributed by atoms with E-state index < -0.39 is 22.0 Å². The number of hydrogen-bond acceptors (Lipinski definition) is 5. The maximum Gasteiger partial charge on any atom is 0.244 e. The Morgan fingerprint density at radius 2 is 1.78 bits per heavy atom. The largest absolute Gasteiger partial charge is 0.301 e. The van der Waals surface area contributed by atoms with E-state index in [4.69, 9.17) is 11.6 Å². The number of rotatable bonds is 6. The molecule has 0 radical (unpaired) electrons. The summed E-state index contributed by atoms with van der Waals surface area (Å²) < 4.78 is 28.6. The van der Waals surface area contributed by atoms with Crippen molar-refractivity contribution in [1.82, 2.24) is 9.71 Å². The minimum atomic E-state index is -3.87. The summed E-state index contributed by atoms with van der Waals surface area (Å²) in [4.78, 5) is 17.1. The predicted molar refractivity (Wildman–Crippen MR) is 109 cm³/mol. The number of thiazole rings is 1. The second-order valence-electron chi connectivity index (χ2n) is 6.27. The van der Waals surface area contributed by atoms with Gasteiger partial charge in [0, 0.05) is 5.02 Å². The van der Waals surface area contributed by atoms with Gasteiger partial charge in [-0.05, 0) is 42.3 Å². The normalized spacial score (nSPS) is 13.0. The lowest BCUT2D eigenvalue weighted by atomic mass is 10.1. The highest BCUT2D eigenvalue weighted by molar-refractivity contribution is 7.89. The fraction of sp³-hybridized carbons (Fsp3) is 0.222. The number of carbonyl (C=O) groups excluding carboxylic acids is 1. The van der Waals surface area contributed by atoms with Gasteiger partial charge in [-0.25, -0.2) is 13.4 Å². The Balaban J connectivity index is 1.79. The number of hydrogen-bond donors (Lipinski definition) is 2. The Morgan fingerprint density at radius 3 is 2.41 bits per heavy atom. The van der Waals surface area contributed by atoms with E-state index in [2.05, 4.69) is 15.0 Å². The first-order valence-corrected chi connectivity index (χ1v) is 10.9. The van der Waals surface area contributed by atoms with Crippen molar-refractivity contribution < 1.29 is 13.2 Å². The molecule has 0 aliphatic rings. The van der Waals surface area contributed by atoms with E-state index >= 15 is 0 Å². The van der Waals surface area contributed by atoms with E-state index in [0.29, 0.717) is 10.2 Å². The molecule has 0 bridgehead atoms.